The van der Waals surface area contributed by atoms with Gasteiger partial charge in [-0.2, -0.15) is 10.1 Å². The van der Waals surface area contributed by atoms with E-state index < -0.39 is 6.67 Å². The Bertz CT molecular complexity index is 1380. The number of hydrogen-bond donors (Lipinski definition) is 1. The molecule has 4 rings (SSSR count). The number of nitrogens with zero attached hydrogens (tertiary/aromatic N) is 6. The highest BCUT2D eigenvalue weighted by molar-refractivity contribution is 5.81. The van der Waals surface area contributed by atoms with Crippen molar-refractivity contribution >= 4 is 28.7 Å². The van der Waals surface area contributed by atoms with E-state index in [-0.39, 0.29) is 24.2 Å². The first-order chi connectivity index (χ1) is 16.6. The highest BCUT2D eigenvalue weighted by atomic mass is 19.1. The van der Waals surface area contributed by atoms with Gasteiger partial charge >= 0.3 is 0 Å². The van der Waals surface area contributed by atoms with Crippen LogP contribution in [0.25, 0.3) is 11.2 Å². The Hall–Kier alpha value is -3.82. The number of fused-ring (bicyclic) bond motifs is 1. The van der Waals surface area contributed by atoms with Gasteiger partial charge < -0.3 is 14.6 Å². The van der Waals surface area contributed by atoms with E-state index in [0.717, 1.165) is 16.8 Å². The van der Waals surface area contributed by atoms with Crippen LogP contribution in [0.3, 0.4) is 0 Å². The average Bonchev–Trinajstić information content (AvgIpc) is 3.32. The van der Waals surface area contributed by atoms with E-state index in [9.17, 15) is 9.18 Å². The molecule has 0 radical (unpaired) electrons. The van der Waals surface area contributed by atoms with E-state index >= 15 is 0 Å². The van der Waals surface area contributed by atoms with Gasteiger partial charge in [-0.15, -0.1) is 0 Å². The van der Waals surface area contributed by atoms with E-state index in [1.807, 2.05) is 24.6 Å². The Kier molecular flexibility index (Phi) is 6.56. The number of aromatic nitrogens is 6. The van der Waals surface area contributed by atoms with Crippen LogP contribution in [-0.4, -0.2) is 41.8 Å². The molecular weight excluding hydrogens is 449 g/mol. The van der Waals surface area contributed by atoms with Crippen molar-refractivity contribution in [1.82, 2.24) is 29.3 Å². The number of rotatable bonds is 8. The maximum Gasteiger partial charge on any atom is 0.210 e. The molecule has 10 heteroatoms. The number of carbonyl (C=O) groups excluding carboxylic acids is 1. The van der Waals surface area contributed by atoms with E-state index in [1.54, 1.807) is 29.2 Å². The number of nitrogens with one attached hydrogen (secondary N) is 1. The van der Waals surface area contributed by atoms with Crippen LogP contribution in [0.2, 0.25) is 0 Å². The quantitative estimate of drug-likeness (QED) is 0.387. The van der Waals surface area contributed by atoms with E-state index in [1.165, 1.54) is 6.92 Å². The third-order valence-corrected chi connectivity index (χ3v) is 5.64. The van der Waals surface area contributed by atoms with Crippen LogP contribution in [0.5, 0.6) is 11.5 Å². The number of Topliss-reactive ketones (excluding diaryl/α,β-unsaturated/α-hetero) is 1. The Morgan fingerprint density at radius 2 is 2.00 bits per heavy atom. The molecule has 184 valence electrons. The van der Waals surface area contributed by atoms with Crippen molar-refractivity contribution in [3.63, 3.8) is 0 Å². The summed E-state index contributed by atoms with van der Waals surface area (Å²) >= 11 is 0. The zero-order valence-corrected chi connectivity index (χ0v) is 20.9. The van der Waals surface area contributed by atoms with Crippen LogP contribution < -0.4 is 10.1 Å². The first-order valence-corrected chi connectivity index (χ1v) is 11.4. The van der Waals surface area contributed by atoms with Crippen LogP contribution in [0.1, 0.15) is 44.6 Å². The Morgan fingerprint density at radius 3 is 2.69 bits per heavy atom. The fraction of sp³-hybridized carbons (Fsp3) is 0.400. The minimum Gasteiger partial charge on any atom is -0.455 e. The van der Waals surface area contributed by atoms with Gasteiger partial charge in [-0.05, 0) is 19.9 Å². The van der Waals surface area contributed by atoms with Crippen molar-refractivity contribution in [2.45, 2.75) is 53.0 Å². The van der Waals surface area contributed by atoms with Crippen molar-refractivity contribution in [3.8, 4) is 11.5 Å². The average molecular weight is 480 g/mol. The Balaban J connectivity index is 1.64. The van der Waals surface area contributed by atoms with Gasteiger partial charge in [-0.25, -0.2) is 9.37 Å². The van der Waals surface area contributed by atoms with Crippen LogP contribution >= 0.6 is 0 Å². The summed E-state index contributed by atoms with van der Waals surface area (Å²) in [5.74, 6) is 2.34. The molecule has 0 saturated heterocycles. The van der Waals surface area contributed by atoms with Gasteiger partial charge in [0.25, 0.3) is 0 Å². The topological polar surface area (TPSA) is 99.7 Å². The number of ketones is 1. The second kappa shape index (κ2) is 9.44. The number of aryl methyl sites for hydroxylation is 3. The molecule has 1 N–H and O–H groups in total. The Morgan fingerprint density at radius 1 is 1.23 bits per heavy atom. The molecule has 35 heavy (non-hydrogen) atoms. The van der Waals surface area contributed by atoms with Gasteiger partial charge in [0.1, 0.15) is 18.2 Å². The standard InChI is InChI=1S/C25H30FN7O2/c1-15(34)11-17-12-18(7-9-27-17)35-19-14-28-23-22(16(19)2)32(6)24(30-23)29-21-13-20(25(3,4)5)33(31-21)10-8-26/h7,9,12-14H,8,10-11H2,1-6H3,(H,28,29,30,31). The number of ether oxygens (including phenoxy) is 1. The van der Waals surface area contributed by atoms with Gasteiger partial charge in [0.15, 0.2) is 17.2 Å². The highest BCUT2D eigenvalue weighted by Gasteiger charge is 2.22. The van der Waals surface area contributed by atoms with Crippen molar-refractivity contribution < 1.29 is 13.9 Å². The zero-order valence-electron chi connectivity index (χ0n) is 20.9. The lowest BCUT2D eigenvalue weighted by molar-refractivity contribution is -0.116. The second-order valence-corrected chi connectivity index (χ2v) is 9.58. The molecule has 0 atom stereocenters. The van der Waals surface area contributed by atoms with Crippen molar-refractivity contribution in [2.75, 3.05) is 12.0 Å². The second-order valence-electron chi connectivity index (χ2n) is 9.58. The minimum atomic E-state index is -0.490. The largest absolute Gasteiger partial charge is 0.455 e. The zero-order chi connectivity index (χ0) is 25.3. The molecule has 4 heterocycles. The summed E-state index contributed by atoms with van der Waals surface area (Å²) < 4.78 is 22.7. The molecule has 9 nitrogen and oxygen atoms in total. The Labute approximate surface area is 203 Å². The number of anilines is 2. The fourth-order valence-electron chi connectivity index (χ4n) is 3.99. The molecule has 0 unspecified atom stereocenters. The molecule has 0 aliphatic heterocycles. The highest BCUT2D eigenvalue weighted by Crippen LogP contribution is 2.32. The number of hydrogen-bond acceptors (Lipinski definition) is 7. The van der Waals surface area contributed by atoms with Crippen LogP contribution in [0, 0.1) is 6.92 Å². The molecular formula is C25H30FN7O2. The van der Waals surface area contributed by atoms with E-state index in [0.29, 0.717) is 34.6 Å². The number of imidazole rings is 1. The molecule has 0 spiro atoms. The number of pyridine rings is 2. The molecule has 0 saturated carbocycles. The van der Waals surface area contributed by atoms with Crippen LogP contribution in [0.15, 0.2) is 30.6 Å². The van der Waals surface area contributed by atoms with Gasteiger partial charge in [0.05, 0.1) is 24.0 Å². The van der Waals surface area contributed by atoms with Crippen molar-refractivity contribution in [3.05, 3.63) is 47.5 Å². The van der Waals surface area contributed by atoms with E-state index in [4.69, 9.17) is 4.74 Å². The first kappa shape index (κ1) is 24.3. The lowest BCUT2D eigenvalue weighted by Gasteiger charge is -2.19. The molecule has 0 fully saturated rings. The monoisotopic (exact) mass is 479 g/mol. The molecule has 0 amide bonds. The van der Waals surface area contributed by atoms with Gasteiger partial charge in [-0.3, -0.25) is 14.5 Å². The fourth-order valence-corrected chi connectivity index (χ4v) is 3.99. The van der Waals surface area contributed by atoms with Gasteiger partial charge in [-0.1, -0.05) is 20.8 Å². The number of alkyl halides is 1. The molecule has 0 bridgehead atoms. The van der Waals surface area contributed by atoms with Crippen molar-refractivity contribution in [1.29, 1.82) is 0 Å². The molecule has 4 aromatic heterocycles. The maximum absolute atomic E-state index is 13.1. The van der Waals surface area contributed by atoms with Crippen LogP contribution in [-0.2, 0) is 30.2 Å². The normalized spacial score (nSPS) is 11.7. The predicted molar refractivity (Wildman–Crippen MR) is 132 cm³/mol. The summed E-state index contributed by atoms with van der Waals surface area (Å²) in [4.78, 5) is 24.8. The lowest BCUT2D eigenvalue weighted by Crippen LogP contribution is -2.19. The van der Waals surface area contributed by atoms with Crippen LogP contribution in [0.4, 0.5) is 16.2 Å². The SMILES string of the molecule is CC(=O)Cc1cc(Oc2cnc3nc(Nc4cc(C(C)(C)C)n(CCF)n4)n(C)c3c2C)ccn1. The summed E-state index contributed by atoms with van der Waals surface area (Å²) in [6.45, 7) is 9.38. The summed E-state index contributed by atoms with van der Waals surface area (Å²) in [5.41, 5.74) is 3.63. The smallest absolute Gasteiger partial charge is 0.210 e. The minimum absolute atomic E-state index is 0.0352. The molecule has 0 aliphatic rings. The van der Waals surface area contributed by atoms with Crippen molar-refractivity contribution in [2.24, 2.45) is 7.05 Å². The summed E-state index contributed by atoms with van der Waals surface area (Å²) in [6, 6.07) is 5.41. The van der Waals surface area contributed by atoms with Gasteiger partial charge in [0, 0.05) is 48.5 Å². The number of carbonyl (C=O) groups is 1. The molecule has 4 aromatic rings. The summed E-state index contributed by atoms with van der Waals surface area (Å²) in [6.07, 6.45) is 3.50. The third kappa shape index (κ3) is 5.16. The summed E-state index contributed by atoms with van der Waals surface area (Å²) in [5, 5.41) is 7.79. The third-order valence-electron chi connectivity index (χ3n) is 5.64. The molecule has 0 aliphatic carbocycles. The van der Waals surface area contributed by atoms with Gasteiger partial charge in [0.2, 0.25) is 5.95 Å². The molecule has 0 aromatic carbocycles. The summed E-state index contributed by atoms with van der Waals surface area (Å²) in [7, 11) is 1.89. The van der Waals surface area contributed by atoms with E-state index in [2.05, 4.69) is 46.1 Å². The lowest BCUT2D eigenvalue weighted by atomic mass is 9.92. The predicted octanol–water partition coefficient (Wildman–Crippen LogP) is 4.80. The number of halogens is 1. The first-order valence-electron chi connectivity index (χ1n) is 11.4. The maximum atomic E-state index is 13.1.